The maximum absolute atomic E-state index is 12.9. The van der Waals surface area contributed by atoms with Gasteiger partial charge in [0.05, 0.1) is 5.69 Å². The Bertz CT molecular complexity index is 655. The molecule has 0 radical (unpaired) electrons. The molecule has 0 bridgehead atoms. The first-order chi connectivity index (χ1) is 8.58. The number of halogens is 2. The van der Waals surface area contributed by atoms with E-state index in [1.807, 2.05) is 22.6 Å². The molecular formula is C12H8FIN2O2. The molecule has 2 rings (SSSR count). The molecule has 2 aromatic rings. The molecule has 0 saturated heterocycles. The molecule has 18 heavy (non-hydrogen) atoms. The predicted molar refractivity (Wildman–Crippen MR) is 74.1 cm³/mol. The Morgan fingerprint density at radius 3 is 2.78 bits per heavy atom. The summed E-state index contributed by atoms with van der Waals surface area (Å²) in [6, 6.07) is 6.97. The van der Waals surface area contributed by atoms with Crippen LogP contribution in [0.25, 0.3) is 0 Å². The lowest BCUT2D eigenvalue weighted by atomic mass is 10.2. The highest BCUT2D eigenvalue weighted by molar-refractivity contribution is 14.1. The van der Waals surface area contributed by atoms with Crippen molar-refractivity contribution in [3.05, 3.63) is 61.8 Å². The van der Waals surface area contributed by atoms with E-state index < -0.39 is 11.5 Å². The maximum atomic E-state index is 12.9. The van der Waals surface area contributed by atoms with Crippen molar-refractivity contribution in [2.45, 2.75) is 0 Å². The third-order valence-corrected chi connectivity index (χ3v) is 3.13. The van der Waals surface area contributed by atoms with Gasteiger partial charge in [-0.25, -0.2) is 4.39 Å². The Kier molecular flexibility index (Phi) is 3.75. The Hall–Kier alpha value is -1.70. The van der Waals surface area contributed by atoms with E-state index in [9.17, 15) is 14.0 Å². The van der Waals surface area contributed by atoms with Crippen LogP contribution in [0.5, 0.6) is 0 Å². The molecule has 0 saturated carbocycles. The van der Waals surface area contributed by atoms with Gasteiger partial charge < -0.3 is 10.3 Å². The lowest BCUT2D eigenvalue weighted by Gasteiger charge is -2.06. The minimum Gasteiger partial charge on any atom is -0.328 e. The number of nitrogens with one attached hydrogen (secondary N) is 2. The van der Waals surface area contributed by atoms with Crippen molar-refractivity contribution in [1.29, 1.82) is 0 Å². The Labute approximate surface area is 115 Å². The van der Waals surface area contributed by atoms with Gasteiger partial charge in [-0.1, -0.05) is 0 Å². The summed E-state index contributed by atoms with van der Waals surface area (Å²) >= 11 is 1.91. The van der Waals surface area contributed by atoms with Crippen LogP contribution in [-0.2, 0) is 0 Å². The quantitative estimate of drug-likeness (QED) is 0.810. The van der Waals surface area contributed by atoms with Gasteiger partial charge in [-0.3, -0.25) is 9.59 Å². The van der Waals surface area contributed by atoms with E-state index in [2.05, 4.69) is 10.3 Å². The van der Waals surface area contributed by atoms with Crippen molar-refractivity contribution in [1.82, 2.24) is 4.98 Å². The second-order valence-electron chi connectivity index (χ2n) is 3.49. The summed E-state index contributed by atoms with van der Waals surface area (Å²) in [5.74, 6) is -0.906. The van der Waals surface area contributed by atoms with E-state index >= 15 is 0 Å². The van der Waals surface area contributed by atoms with Crippen LogP contribution >= 0.6 is 22.6 Å². The zero-order chi connectivity index (χ0) is 13.1. The summed E-state index contributed by atoms with van der Waals surface area (Å²) < 4.78 is 13.5. The zero-order valence-electron chi connectivity index (χ0n) is 9.04. The first-order valence-corrected chi connectivity index (χ1v) is 6.10. The lowest BCUT2D eigenvalue weighted by Crippen LogP contribution is -2.22. The minimum absolute atomic E-state index is 0.0117. The molecule has 0 aliphatic rings. The summed E-state index contributed by atoms with van der Waals surface area (Å²) in [5.41, 5.74) is 0.00926. The monoisotopic (exact) mass is 358 g/mol. The molecule has 6 heteroatoms. The van der Waals surface area contributed by atoms with E-state index in [4.69, 9.17) is 0 Å². The van der Waals surface area contributed by atoms with Crippen molar-refractivity contribution >= 4 is 34.2 Å². The molecule has 1 heterocycles. The number of carbonyl (C=O) groups is 1. The van der Waals surface area contributed by atoms with Crippen LogP contribution in [0.2, 0.25) is 0 Å². The fourth-order valence-electron chi connectivity index (χ4n) is 1.38. The van der Waals surface area contributed by atoms with Crippen molar-refractivity contribution in [3.8, 4) is 0 Å². The second-order valence-corrected chi connectivity index (χ2v) is 4.65. The van der Waals surface area contributed by atoms with Crippen LogP contribution < -0.4 is 10.9 Å². The smallest absolute Gasteiger partial charge is 0.261 e. The van der Waals surface area contributed by atoms with Gasteiger partial charge in [-0.2, -0.15) is 0 Å². The molecule has 0 aliphatic heterocycles. The molecule has 4 nitrogen and oxygen atoms in total. The van der Waals surface area contributed by atoms with E-state index in [-0.39, 0.29) is 11.4 Å². The molecule has 92 valence electrons. The molecule has 1 amide bonds. The topological polar surface area (TPSA) is 62.0 Å². The van der Waals surface area contributed by atoms with Gasteiger partial charge in [0.25, 0.3) is 11.5 Å². The van der Waals surface area contributed by atoms with Crippen molar-refractivity contribution in [2.75, 3.05) is 5.32 Å². The largest absolute Gasteiger partial charge is 0.328 e. The van der Waals surface area contributed by atoms with Gasteiger partial charge in [0.1, 0.15) is 11.4 Å². The normalized spacial score (nSPS) is 10.1. The summed E-state index contributed by atoms with van der Waals surface area (Å²) in [5, 5.41) is 2.56. The summed E-state index contributed by atoms with van der Waals surface area (Å²) in [7, 11) is 0. The molecule has 0 atom stereocenters. The van der Waals surface area contributed by atoms with E-state index in [1.165, 1.54) is 30.5 Å². The minimum atomic E-state index is -0.527. The molecule has 1 aromatic heterocycles. The van der Waals surface area contributed by atoms with Gasteiger partial charge in [0.15, 0.2) is 0 Å². The van der Waals surface area contributed by atoms with Gasteiger partial charge in [-0.05, 0) is 52.9 Å². The van der Waals surface area contributed by atoms with Crippen LogP contribution in [0.4, 0.5) is 10.1 Å². The third kappa shape index (κ3) is 2.76. The van der Waals surface area contributed by atoms with E-state index in [0.717, 1.165) is 0 Å². The van der Waals surface area contributed by atoms with Crippen LogP contribution in [0, 0.1) is 9.39 Å². The van der Waals surface area contributed by atoms with Gasteiger partial charge in [0, 0.05) is 9.77 Å². The highest BCUT2D eigenvalue weighted by atomic mass is 127. The maximum Gasteiger partial charge on any atom is 0.261 e. The molecule has 0 aliphatic carbocycles. The van der Waals surface area contributed by atoms with Crippen LogP contribution in [0.15, 0.2) is 41.3 Å². The number of anilines is 1. The first kappa shape index (κ1) is 12.7. The first-order valence-electron chi connectivity index (χ1n) is 5.02. The zero-order valence-corrected chi connectivity index (χ0v) is 11.2. The van der Waals surface area contributed by atoms with E-state index in [0.29, 0.717) is 9.26 Å². The van der Waals surface area contributed by atoms with Crippen molar-refractivity contribution in [2.24, 2.45) is 0 Å². The number of carbonyl (C=O) groups excluding carboxylic acids is 1. The molecule has 0 spiro atoms. The SMILES string of the molecule is O=C(Nc1ccc(F)cc1I)c1ccc[nH]c1=O. The third-order valence-electron chi connectivity index (χ3n) is 2.24. The lowest BCUT2D eigenvalue weighted by molar-refractivity contribution is 0.102. The second kappa shape index (κ2) is 5.30. The average molecular weight is 358 g/mol. The number of benzene rings is 1. The Morgan fingerprint density at radius 1 is 1.33 bits per heavy atom. The fraction of sp³-hybridized carbons (Fsp3) is 0. The van der Waals surface area contributed by atoms with Crippen LogP contribution in [0.1, 0.15) is 10.4 Å². The number of H-pyrrole nitrogens is 1. The van der Waals surface area contributed by atoms with Gasteiger partial charge in [-0.15, -0.1) is 0 Å². The fourth-order valence-corrected chi connectivity index (χ4v) is 1.99. The predicted octanol–water partition coefficient (Wildman–Crippen LogP) is 2.37. The summed E-state index contributed by atoms with van der Waals surface area (Å²) in [6.07, 6.45) is 1.45. The van der Waals surface area contributed by atoms with Crippen molar-refractivity contribution in [3.63, 3.8) is 0 Å². The average Bonchev–Trinajstić information content (AvgIpc) is 2.33. The molecule has 0 unspecified atom stereocenters. The molecule has 0 fully saturated rings. The highest BCUT2D eigenvalue weighted by Gasteiger charge is 2.11. The number of hydrogen-bond donors (Lipinski definition) is 2. The number of pyridine rings is 1. The molecule has 2 N–H and O–H groups in total. The number of aromatic amines is 1. The Morgan fingerprint density at radius 2 is 2.11 bits per heavy atom. The number of amides is 1. The van der Waals surface area contributed by atoms with Crippen LogP contribution in [-0.4, -0.2) is 10.9 Å². The standard InChI is InChI=1S/C12H8FIN2O2/c13-7-3-4-10(9(14)6-7)16-12(18)8-2-1-5-15-11(8)17/h1-6H,(H,15,17)(H,16,18). The molecular weight excluding hydrogens is 350 g/mol. The highest BCUT2D eigenvalue weighted by Crippen LogP contribution is 2.19. The summed E-state index contributed by atoms with van der Waals surface area (Å²) in [6.45, 7) is 0. The van der Waals surface area contributed by atoms with Gasteiger partial charge >= 0.3 is 0 Å². The van der Waals surface area contributed by atoms with Crippen molar-refractivity contribution < 1.29 is 9.18 Å². The number of aromatic nitrogens is 1. The Balaban J connectivity index is 2.27. The van der Waals surface area contributed by atoms with Crippen LogP contribution in [0.3, 0.4) is 0 Å². The molecule has 1 aromatic carbocycles. The summed E-state index contributed by atoms with van der Waals surface area (Å²) in [4.78, 5) is 25.7. The van der Waals surface area contributed by atoms with Gasteiger partial charge in [0.2, 0.25) is 0 Å². The number of rotatable bonds is 2. The van der Waals surface area contributed by atoms with E-state index in [1.54, 1.807) is 6.07 Å². The number of hydrogen-bond acceptors (Lipinski definition) is 2.